The number of hydrogen-bond acceptors (Lipinski definition) is 6. The summed E-state index contributed by atoms with van der Waals surface area (Å²) in [5, 5.41) is 0. The average Bonchev–Trinajstić information content (AvgIpc) is 3.35. The quantitative estimate of drug-likeness (QED) is 0.0199. The van der Waals surface area contributed by atoms with Crippen LogP contribution in [0.2, 0.25) is 0 Å². The average molecular weight is 970 g/mol. The molecule has 0 aromatic heterocycles. The first-order valence-electron chi connectivity index (χ1n) is 30.5. The van der Waals surface area contributed by atoms with Gasteiger partial charge in [0.15, 0.2) is 6.10 Å². The van der Waals surface area contributed by atoms with Crippen molar-refractivity contribution in [2.45, 2.75) is 335 Å². The maximum atomic E-state index is 12.9. The maximum absolute atomic E-state index is 12.9. The minimum Gasteiger partial charge on any atom is -0.462 e. The molecule has 0 spiro atoms. The van der Waals surface area contributed by atoms with E-state index in [4.69, 9.17) is 14.2 Å². The molecule has 6 nitrogen and oxygen atoms in total. The Kier molecular flexibility index (Phi) is 56.2. The zero-order valence-corrected chi connectivity index (χ0v) is 46.3. The highest BCUT2D eigenvalue weighted by Gasteiger charge is 2.19. The summed E-state index contributed by atoms with van der Waals surface area (Å²) in [5.41, 5.74) is 0. The van der Waals surface area contributed by atoms with Crippen LogP contribution in [-0.2, 0) is 28.6 Å². The molecule has 0 aliphatic rings. The Morgan fingerprint density at radius 3 is 0.841 bits per heavy atom. The minimum absolute atomic E-state index is 0.0724. The minimum atomic E-state index is -0.775. The number of allylic oxidation sites excluding steroid dienone is 6. The molecule has 0 aromatic rings. The molecule has 0 amide bonds. The summed E-state index contributed by atoms with van der Waals surface area (Å²) in [5.74, 6) is -0.864. The lowest BCUT2D eigenvalue weighted by Gasteiger charge is -2.18. The van der Waals surface area contributed by atoms with E-state index in [1.807, 2.05) is 0 Å². The zero-order chi connectivity index (χ0) is 50.0. The van der Waals surface area contributed by atoms with E-state index in [0.717, 1.165) is 64.2 Å². The summed E-state index contributed by atoms with van der Waals surface area (Å²) in [4.78, 5) is 38.2. The highest BCUT2D eigenvalue weighted by molar-refractivity contribution is 5.71. The van der Waals surface area contributed by atoms with Gasteiger partial charge in [0.1, 0.15) is 13.2 Å². The standard InChI is InChI=1S/C63H116O6/c1-4-7-10-13-16-19-22-25-28-30-32-34-35-38-41-44-47-50-53-56-62(65)68-59-60(58-67-61(64)55-52-49-46-43-40-37-27-24-21-18-15-12-9-6-3)69-63(66)57-54-51-48-45-42-39-36-33-31-29-26-23-20-17-14-11-8-5-2/h16,19,22,25,33,36,60H,4-15,17-18,20-21,23-24,26-32,34-35,37-59H2,1-3H3/b19-16-,25-22-,36-33-. The van der Waals surface area contributed by atoms with Gasteiger partial charge in [-0.15, -0.1) is 0 Å². The van der Waals surface area contributed by atoms with Gasteiger partial charge in [0, 0.05) is 19.3 Å². The van der Waals surface area contributed by atoms with Gasteiger partial charge in [-0.3, -0.25) is 14.4 Å². The van der Waals surface area contributed by atoms with Gasteiger partial charge in [-0.2, -0.15) is 0 Å². The van der Waals surface area contributed by atoms with Crippen molar-refractivity contribution in [3.05, 3.63) is 36.5 Å². The number of hydrogen-bond donors (Lipinski definition) is 0. The predicted octanol–water partition coefficient (Wildman–Crippen LogP) is 20.4. The smallest absolute Gasteiger partial charge is 0.306 e. The van der Waals surface area contributed by atoms with Crippen LogP contribution >= 0.6 is 0 Å². The van der Waals surface area contributed by atoms with Gasteiger partial charge >= 0.3 is 17.9 Å². The van der Waals surface area contributed by atoms with Crippen LogP contribution in [0, 0.1) is 0 Å². The molecule has 1 atom stereocenters. The van der Waals surface area contributed by atoms with E-state index in [1.165, 1.54) is 225 Å². The first-order chi connectivity index (χ1) is 34.0. The highest BCUT2D eigenvalue weighted by Crippen LogP contribution is 2.17. The molecule has 1 unspecified atom stereocenters. The summed E-state index contributed by atoms with van der Waals surface area (Å²) >= 11 is 0. The summed E-state index contributed by atoms with van der Waals surface area (Å²) in [7, 11) is 0. The maximum Gasteiger partial charge on any atom is 0.306 e. The lowest BCUT2D eigenvalue weighted by molar-refractivity contribution is -0.167. The number of rotatable bonds is 56. The normalized spacial score (nSPS) is 12.2. The number of carbonyl (C=O) groups is 3. The summed E-state index contributed by atoms with van der Waals surface area (Å²) < 4.78 is 16.9. The van der Waals surface area contributed by atoms with E-state index in [9.17, 15) is 14.4 Å². The first kappa shape index (κ1) is 66.6. The molecule has 0 aromatic carbocycles. The fraction of sp³-hybridized carbons (Fsp3) is 0.857. The lowest BCUT2D eigenvalue weighted by atomic mass is 10.0. The summed E-state index contributed by atoms with van der Waals surface area (Å²) in [6.45, 7) is 6.65. The molecule has 0 saturated heterocycles. The van der Waals surface area contributed by atoms with Gasteiger partial charge < -0.3 is 14.2 Å². The molecule has 0 heterocycles. The van der Waals surface area contributed by atoms with Crippen LogP contribution in [0.15, 0.2) is 36.5 Å². The Hall–Kier alpha value is -2.37. The number of esters is 3. The molecule has 0 saturated carbocycles. The van der Waals surface area contributed by atoms with Gasteiger partial charge in [0.05, 0.1) is 0 Å². The van der Waals surface area contributed by atoms with Gasteiger partial charge in [-0.25, -0.2) is 0 Å². The van der Waals surface area contributed by atoms with Crippen LogP contribution < -0.4 is 0 Å². The van der Waals surface area contributed by atoms with Crippen molar-refractivity contribution in [1.29, 1.82) is 0 Å². The monoisotopic (exact) mass is 969 g/mol. The van der Waals surface area contributed by atoms with Gasteiger partial charge in [-0.05, 0) is 70.6 Å². The molecule has 404 valence electrons. The van der Waals surface area contributed by atoms with Crippen molar-refractivity contribution in [1.82, 2.24) is 0 Å². The van der Waals surface area contributed by atoms with E-state index in [0.29, 0.717) is 19.3 Å². The summed E-state index contributed by atoms with van der Waals surface area (Å²) in [6.07, 6.45) is 69.9. The van der Waals surface area contributed by atoms with Crippen molar-refractivity contribution in [2.24, 2.45) is 0 Å². The van der Waals surface area contributed by atoms with Crippen molar-refractivity contribution < 1.29 is 28.6 Å². The van der Waals surface area contributed by atoms with Crippen LogP contribution in [0.1, 0.15) is 329 Å². The molecular weight excluding hydrogens is 853 g/mol. The molecule has 0 aliphatic carbocycles. The lowest BCUT2D eigenvalue weighted by Crippen LogP contribution is -2.30. The van der Waals surface area contributed by atoms with Gasteiger partial charge in [0.25, 0.3) is 0 Å². The van der Waals surface area contributed by atoms with Gasteiger partial charge in [-0.1, -0.05) is 276 Å². The Morgan fingerprint density at radius 2 is 0.522 bits per heavy atom. The van der Waals surface area contributed by atoms with Crippen molar-refractivity contribution in [2.75, 3.05) is 13.2 Å². The van der Waals surface area contributed by atoms with E-state index >= 15 is 0 Å². The Morgan fingerprint density at radius 1 is 0.290 bits per heavy atom. The van der Waals surface area contributed by atoms with Crippen molar-refractivity contribution >= 4 is 17.9 Å². The molecule has 0 bridgehead atoms. The Bertz CT molecular complexity index is 1160. The molecule has 0 fully saturated rings. The number of unbranched alkanes of at least 4 members (excludes halogenated alkanes) is 40. The van der Waals surface area contributed by atoms with Crippen molar-refractivity contribution in [3.8, 4) is 0 Å². The molecule has 6 heteroatoms. The van der Waals surface area contributed by atoms with Crippen LogP contribution in [0.5, 0.6) is 0 Å². The third-order valence-corrected chi connectivity index (χ3v) is 13.6. The number of ether oxygens (including phenoxy) is 3. The SMILES string of the molecule is CCCCC/C=C\C=C/CCCCCCCCCCCCC(=O)OCC(COC(=O)CCCCCCCCCCCCCCCC)OC(=O)CCCCCCC/C=C\CCCCCCCCCCC. The fourth-order valence-corrected chi connectivity index (χ4v) is 9.02. The second-order valence-corrected chi connectivity index (χ2v) is 20.6. The van der Waals surface area contributed by atoms with E-state index < -0.39 is 6.10 Å². The van der Waals surface area contributed by atoms with Crippen molar-refractivity contribution in [3.63, 3.8) is 0 Å². The first-order valence-corrected chi connectivity index (χ1v) is 30.5. The largest absolute Gasteiger partial charge is 0.462 e. The molecule has 0 radical (unpaired) electrons. The highest BCUT2D eigenvalue weighted by atomic mass is 16.6. The van der Waals surface area contributed by atoms with Crippen LogP contribution in [-0.4, -0.2) is 37.2 Å². The molecule has 0 aliphatic heterocycles. The van der Waals surface area contributed by atoms with Crippen LogP contribution in [0.4, 0.5) is 0 Å². The second-order valence-electron chi connectivity index (χ2n) is 20.6. The molecule has 0 N–H and O–H groups in total. The Balaban J connectivity index is 4.34. The fourth-order valence-electron chi connectivity index (χ4n) is 9.02. The Labute approximate surface area is 429 Å². The van der Waals surface area contributed by atoms with E-state index in [1.54, 1.807) is 0 Å². The molecular formula is C63H116O6. The predicted molar refractivity (Wildman–Crippen MR) is 298 cm³/mol. The van der Waals surface area contributed by atoms with E-state index in [-0.39, 0.29) is 31.1 Å². The van der Waals surface area contributed by atoms with Crippen LogP contribution in [0.25, 0.3) is 0 Å². The third kappa shape index (κ3) is 56.4. The second kappa shape index (κ2) is 58.2. The summed E-state index contributed by atoms with van der Waals surface area (Å²) in [6, 6.07) is 0. The molecule has 0 rings (SSSR count). The van der Waals surface area contributed by atoms with Crippen LogP contribution in [0.3, 0.4) is 0 Å². The zero-order valence-electron chi connectivity index (χ0n) is 46.3. The van der Waals surface area contributed by atoms with E-state index in [2.05, 4.69) is 57.2 Å². The number of carbonyl (C=O) groups excluding carboxylic acids is 3. The topological polar surface area (TPSA) is 78.9 Å². The third-order valence-electron chi connectivity index (χ3n) is 13.6. The molecule has 69 heavy (non-hydrogen) atoms. The van der Waals surface area contributed by atoms with Gasteiger partial charge in [0.2, 0.25) is 0 Å².